The minimum absolute atomic E-state index is 0.0888. The van der Waals surface area contributed by atoms with Crippen LogP contribution < -0.4 is 4.90 Å². The molecule has 0 radical (unpaired) electrons. The molecular weight excluding hydrogens is 735 g/mol. The molecule has 4 aliphatic carbocycles. The van der Waals surface area contributed by atoms with Crippen molar-refractivity contribution in [2.24, 2.45) is 23.7 Å². The van der Waals surface area contributed by atoms with Gasteiger partial charge >= 0.3 is 0 Å². The van der Waals surface area contributed by atoms with Gasteiger partial charge in [-0.3, -0.25) is 0 Å². The number of fused-ring (bicyclic) bond motifs is 12. The smallest absolute Gasteiger partial charge is 0.0465 e. The van der Waals surface area contributed by atoms with Crippen LogP contribution in [0.4, 0.5) is 17.1 Å². The number of anilines is 3. The summed E-state index contributed by atoms with van der Waals surface area (Å²) in [6.07, 6.45) is 5.47. The molecule has 0 N–H and O–H groups in total. The number of nitrogens with zero attached hydrogens (tertiary/aromatic N) is 1. The van der Waals surface area contributed by atoms with Gasteiger partial charge in [0.1, 0.15) is 0 Å². The van der Waals surface area contributed by atoms with E-state index in [1.54, 1.807) is 11.1 Å². The maximum Gasteiger partial charge on any atom is 0.0465 e. The average Bonchev–Trinajstić information content (AvgIpc) is 3.71. The van der Waals surface area contributed by atoms with Gasteiger partial charge in [0, 0.05) is 27.9 Å². The van der Waals surface area contributed by atoms with Crippen LogP contribution >= 0.6 is 0 Å². The monoisotopic (exact) mass is 787 g/mol. The lowest BCUT2D eigenvalue weighted by Crippen LogP contribution is -2.49. The maximum absolute atomic E-state index is 2.57. The Balaban J connectivity index is 0.937. The van der Waals surface area contributed by atoms with Crippen LogP contribution in [0.1, 0.15) is 75.6 Å². The van der Waals surface area contributed by atoms with E-state index >= 15 is 0 Å². The Hall–Kier alpha value is -6.18. The van der Waals surface area contributed by atoms with Crippen molar-refractivity contribution in [1.29, 1.82) is 0 Å². The standard InChI is InChI=1S/C60H53N/c1-38-31-40-33-39(2)60(47(32-38)34-40)56-16-10-8-14-52(56)54-36-46(23-30-57(54)60)43-21-26-49(27-22-43)61(50-28-29-53-51-13-7-9-15-55(51)59(3,4)58(53)37-50)48-24-19-42(20-25-48)45-18-17-41-11-5-6-12-44(41)35-45/h5-30,35-40,47H,31-34H2,1-4H3. The lowest BCUT2D eigenvalue weighted by Gasteiger charge is -2.54. The molecule has 0 heterocycles. The van der Waals surface area contributed by atoms with Crippen LogP contribution in [0.3, 0.4) is 0 Å². The van der Waals surface area contributed by atoms with E-state index in [4.69, 9.17) is 0 Å². The van der Waals surface area contributed by atoms with Crippen LogP contribution in [-0.4, -0.2) is 0 Å². The molecule has 0 aromatic heterocycles. The molecular formula is C60H53N. The van der Waals surface area contributed by atoms with Crippen molar-refractivity contribution < 1.29 is 0 Å². The summed E-state index contributed by atoms with van der Waals surface area (Å²) in [6, 6.07) is 66.8. The van der Waals surface area contributed by atoms with Gasteiger partial charge in [0.05, 0.1) is 0 Å². The van der Waals surface area contributed by atoms with E-state index in [0.717, 1.165) is 23.2 Å². The van der Waals surface area contributed by atoms with Gasteiger partial charge in [-0.15, -0.1) is 0 Å². The molecule has 8 aromatic carbocycles. The fraction of sp³-hybridized carbons (Fsp3) is 0.233. The lowest BCUT2D eigenvalue weighted by molar-refractivity contribution is 0.0426. The quantitative estimate of drug-likeness (QED) is 0.168. The molecule has 2 fully saturated rings. The van der Waals surface area contributed by atoms with E-state index in [1.165, 1.54) is 97.8 Å². The Bertz CT molecular complexity index is 3000. The second-order valence-corrected chi connectivity index (χ2v) is 19.6. The SMILES string of the molecule is CC1CC2CC(C)C3(c4ccccc4-c4cc(-c5ccc(N(c6ccc(-c7ccc8ccccc8c7)cc6)c6ccc7c(c6)C(C)(C)c6ccccc6-7)cc5)ccc43)C(C1)C2. The third-order valence-corrected chi connectivity index (χ3v) is 15.8. The molecule has 1 spiro atoms. The first kappa shape index (κ1) is 36.7. The zero-order valence-electron chi connectivity index (χ0n) is 35.8. The van der Waals surface area contributed by atoms with Crippen molar-refractivity contribution in [2.75, 3.05) is 4.90 Å². The van der Waals surface area contributed by atoms with Crippen LogP contribution in [0.15, 0.2) is 176 Å². The normalized spacial score (nSPS) is 22.7. The molecule has 1 heteroatoms. The van der Waals surface area contributed by atoms with Crippen LogP contribution in [-0.2, 0) is 10.8 Å². The molecule has 0 saturated heterocycles. The summed E-state index contributed by atoms with van der Waals surface area (Å²) in [7, 11) is 0. The van der Waals surface area contributed by atoms with Crippen molar-refractivity contribution in [1.82, 2.24) is 0 Å². The summed E-state index contributed by atoms with van der Waals surface area (Å²) < 4.78 is 0. The van der Waals surface area contributed by atoms with Crippen molar-refractivity contribution in [3.05, 3.63) is 198 Å². The first-order chi connectivity index (χ1) is 29.8. The largest absolute Gasteiger partial charge is 0.310 e. The van der Waals surface area contributed by atoms with Crippen molar-refractivity contribution >= 4 is 27.8 Å². The fourth-order valence-electron chi connectivity index (χ4n) is 13.2. The molecule has 298 valence electrons. The van der Waals surface area contributed by atoms with Gasteiger partial charge < -0.3 is 4.90 Å². The van der Waals surface area contributed by atoms with Crippen LogP contribution in [0.2, 0.25) is 0 Å². The highest BCUT2D eigenvalue weighted by atomic mass is 15.1. The third kappa shape index (κ3) is 5.52. The lowest BCUT2D eigenvalue weighted by atomic mass is 9.49. The zero-order chi connectivity index (χ0) is 41.0. The van der Waals surface area contributed by atoms with Gasteiger partial charge in [-0.1, -0.05) is 155 Å². The predicted molar refractivity (Wildman–Crippen MR) is 257 cm³/mol. The topological polar surface area (TPSA) is 3.24 Å². The summed E-state index contributed by atoms with van der Waals surface area (Å²) >= 11 is 0. The maximum atomic E-state index is 2.57. The van der Waals surface area contributed by atoms with Gasteiger partial charge in [-0.05, 0) is 175 Å². The highest BCUT2D eigenvalue weighted by Crippen LogP contribution is 2.64. The van der Waals surface area contributed by atoms with E-state index in [1.807, 2.05) is 0 Å². The summed E-state index contributed by atoms with van der Waals surface area (Å²) in [4.78, 5) is 2.44. The van der Waals surface area contributed by atoms with Crippen molar-refractivity contribution in [2.45, 2.75) is 64.2 Å². The Kier molecular flexibility index (Phi) is 8.21. The number of hydrogen-bond donors (Lipinski definition) is 0. The Morgan fingerprint density at radius 2 is 0.967 bits per heavy atom. The molecule has 1 nitrogen and oxygen atoms in total. The minimum Gasteiger partial charge on any atom is -0.310 e. The molecule has 61 heavy (non-hydrogen) atoms. The number of benzene rings is 8. The predicted octanol–water partition coefficient (Wildman–Crippen LogP) is 16.3. The van der Waals surface area contributed by atoms with E-state index < -0.39 is 0 Å². The van der Waals surface area contributed by atoms with E-state index in [2.05, 4.69) is 209 Å². The summed E-state index contributed by atoms with van der Waals surface area (Å²) in [5, 5.41) is 2.53. The van der Waals surface area contributed by atoms with Gasteiger partial charge in [0.2, 0.25) is 0 Å². The highest BCUT2D eigenvalue weighted by molar-refractivity contribution is 5.90. The molecule has 4 aliphatic rings. The van der Waals surface area contributed by atoms with Gasteiger partial charge in [0.25, 0.3) is 0 Å². The zero-order valence-corrected chi connectivity index (χ0v) is 35.8. The molecule has 8 aromatic rings. The Labute approximate surface area is 361 Å². The van der Waals surface area contributed by atoms with Crippen molar-refractivity contribution in [3.8, 4) is 44.5 Å². The highest BCUT2D eigenvalue weighted by Gasteiger charge is 2.56. The molecule has 0 amide bonds. The second-order valence-electron chi connectivity index (χ2n) is 19.6. The first-order valence-corrected chi connectivity index (χ1v) is 22.8. The van der Waals surface area contributed by atoms with E-state index in [9.17, 15) is 0 Å². The van der Waals surface area contributed by atoms with Crippen LogP contribution in [0.5, 0.6) is 0 Å². The second kappa shape index (κ2) is 13.7. The summed E-state index contributed by atoms with van der Waals surface area (Å²) in [5.74, 6) is 3.04. The van der Waals surface area contributed by atoms with E-state index in [-0.39, 0.29) is 10.8 Å². The van der Waals surface area contributed by atoms with Crippen molar-refractivity contribution in [3.63, 3.8) is 0 Å². The molecule has 2 bridgehead atoms. The van der Waals surface area contributed by atoms with Crippen LogP contribution in [0.25, 0.3) is 55.3 Å². The minimum atomic E-state index is -0.0888. The molecule has 2 saturated carbocycles. The Morgan fingerprint density at radius 3 is 1.70 bits per heavy atom. The molecule has 5 atom stereocenters. The van der Waals surface area contributed by atoms with Crippen LogP contribution in [0, 0.1) is 23.7 Å². The van der Waals surface area contributed by atoms with Gasteiger partial charge in [-0.2, -0.15) is 0 Å². The Morgan fingerprint density at radius 1 is 0.410 bits per heavy atom. The van der Waals surface area contributed by atoms with Gasteiger partial charge in [-0.25, -0.2) is 0 Å². The summed E-state index contributed by atoms with van der Waals surface area (Å²) in [6.45, 7) is 9.81. The summed E-state index contributed by atoms with van der Waals surface area (Å²) in [5.41, 5.74) is 20.0. The average molecular weight is 788 g/mol. The molecule has 12 rings (SSSR count). The number of rotatable bonds is 5. The first-order valence-electron chi connectivity index (χ1n) is 22.8. The number of hydrogen-bond acceptors (Lipinski definition) is 1. The third-order valence-electron chi connectivity index (χ3n) is 15.8. The molecule has 5 unspecified atom stereocenters. The molecule has 0 aliphatic heterocycles. The van der Waals surface area contributed by atoms with E-state index in [0.29, 0.717) is 11.8 Å². The van der Waals surface area contributed by atoms with Gasteiger partial charge in [0.15, 0.2) is 0 Å². The fourth-order valence-corrected chi connectivity index (χ4v) is 13.2.